The first-order valence-corrected chi connectivity index (χ1v) is 5.03. The number of esters is 1. The van der Waals surface area contributed by atoms with Crippen LogP contribution in [0.2, 0.25) is 0 Å². The van der Waals surface area contributed by atoms with Gasteiger partial charge in [-0.15, -0.1) is 0 Å². The second-order valence-corrected chi connectivity index (χ2v) is 3.22. The summed E-state index contributed by atoms with van der Waals surface area (Å²) in [5.41, 5.74) is 5.33. The topological polar surface area (TPSA) is 81.4 Å². The van der Waals surface area contributed by atoms with Gasteiger partial charge in [0.25, 0.3) is 5.91 Å². The van der Waals surface area contributed by atoms with Crippen LogP contribution in [0.1, 0.15) is 17.3 Å². The van der Waals surface area contributed by atoms with Crippen LogP contribution in [0.4, 0.5) is 10.1 Å². The van der Waals surface area contributed by atoms with Crippen LogP contribution in [0.5, 0.6) is 0 Å². The molecule has 0 atom stereocenters. The number of hydrogen-bond donors (Lipinski definition) is 2. The Morgan fingerprint density at radius 1 is 1.47 bits per heavy atom. The maximum atomic E-state index is 13.1. The molecule has 0 aromatic heterocycles. The van der Waals surface area contributed by atoms with E-state index in [9.17, 15) is 14.0 Å². The molecule has 6 heteroatoms. The molecule has 0 heterocycles. The summed E-state index contributed by atoms with van der Waals surface area (Å²) in [4.78, 5) is 22.5. The number of benzene rings is 1. The molecule has 0 unspecified atom stereocenters. The Balaban J connectivity index is 2.58. The third-order valence-electron chi connectivity index (χ3n) is 1.96. The molecule has 0 saturated heterocycles. The minimum atomic E-state index is -0.672. The SMILES string of the molecule is CCOC(=O)CNC(=O)c1ccc(N)c(F)c1. The van der Waals surface area contributed by atoms with Crippen LogP contribution in [0.3, 0.4) is 0 Å². The van der Waals surface area contributed by atoms with Crippen LogP contribution in [-0.2, 0) is 9.53 Å². The van der Waals surface area contributed by atoms with E-state index in [0.29, 0.717) is 0 Å². The van der Waals surface area contributed by atoms with Crippen molar-refractivity contribution in [3.8, 4) is 0 Å². The van der Waals surface area contributed by atoms with Crippen molar-refractivity contribution < 1.29 is 18.7 Å². The van der Waals surface area contributed by atoms with Gasteiger partial charge in [0.05, 0.1) is 12.3 Å². The number of carbonyl (C=O) groups is 2. The second-order valence-electron chi connectivity index (χ2n) is 3.22. The highest BCUT2D eigenvalue weighted by atomic mass is 19.1. The number of amides is 1. The van der Waals surface area contributed by atoms with Crippen molar-refractivity contribution in [1.29, 1.82) is 0 Å². The van der Waals surface area contributed by atoms with Gasteiger partial charge in [-0.2, -0.15) is 0 Å². The summed E-state index contributed by atoms with van der Waals surface area (Å²) in [6.45, 7) is 1.65. The highest BCUT2D eigenvalue weighted by Gasteiger charge is 2.10. The normalized spacial score (nSPS) is 9.76. The van der Waals surface area contributed by atoms with E-state index in [2.05, 4.69) is 10.1 Å². The zero-order valence-electron chi connectivity index (χ0n) is 9.33. The van der Waals surface area contributed by atoms with Gasteiger partial charge in [-0.3, -0.25) is 9.59 Å². The van der Waals surface area contributed by atoms with Crippen molar-refractivity contribution in [1.82, 2.24) is 5.32 Å². The van der Waals surface area contributed by atoms with Gasteiger partial charge in [-0.1, -0.05) is 0 Å². The van der Waals surface area contributed by atoms with Crippen LogP contribution in [0, 0.1) is 5.82 Å². The molecule has 0 spiro atoms. The molecule has 0 aliphatic carbocycles. The van der Waals surface area contributed by atoms with Crippen LogP contribution in [0.15, 0.2) is 18.2 Å². The molecular weight excluding hydrogens is 227 g/mol. The van der Waals surface area contributed by atoms with Crippen molar-refractivity contribution in [2.24, 2.45) is 0 Å². The molecule has 1 aromatic carbocycles. The predicted molar refractivity (Wildman–Crippen MR) is 59.8 cm³/mol. The highest BCUT2D eigenvalue weighted by Crippen LogP contribution is 2.11. The van der Waals surface area contributed by atoms with E-state index >= 15 is 0 Å². The number of anilines is 1. The van der Waals surface area contributed by atoms with E-state index in [0.717, 1.165) is 6.07 Å². The number of hydrogen-bond acceptors (Lipinski definition) is 4. The van der Waals surface area contributed by atoms with Crippen molar-refractivity contribution in [3.05, 3.63) is 29.6 Å². The molecule has 1 aromatic rings. The summed E-state index contributed by atoms with van der Waals surface area (Å²) < 4.78 is 17.7. The summed E-state index contributed by atoms with van der Waals surface area (Å²) in [5.74, 6) is -1.78. The molecule has 17 heavy (non-hydrogen) atoms. The molecule has 1 rings (SSSR count). The zero-order chi connectivity index (χ0) is 12.8. The lowest BCUT2D eigenvalue weighted by Gasteiger charge is -2.05. The highest BCUT2D eigenvalue weighted by molar-refractivity contribution is 5.96. The average Bonchev–Trinajstić information content (AvgIpc) is 2.30. The van der Waals surface area contributed by atoms with E-state index in [1.54, 1.807) is 6.92 Å². The van der Waals surface area contributed by atoms with E-state index in [4.69, 9.17) is 5.73 Å². The van der Waals surface area contributed by atoms with E-state index in [1.165, 1.54) is 12.1 Å². The van der Waals surface area contributed by atoms with Crippen molar-refractivity contribution >= 4 is 17.6 Å². The maximum Gasteiger partial charge on any atom is 0.325 e. The lowest BCUT2D eigenvalue weighted by molar-refractivity contribution is -0.141. The number of halogens is 1. The molecule has 0 fully saturated rings. The Labute approximate surface area is 97.7 Å². The Bertz CT molecular complexity index is 435. The number of rotatable bonds is 4. The van der Waals surface area contributed by atoms with E-state index in [-0.39, 0.29) is 24.4 Å². The van der Waals surface area contributed by atoms with Gasteiger partial charge < -0.3 is 15.8 Å². The predicted octanol–water partition coefficient (Wildman–Crippen LogP) is 0.701. The third kappa shape index (κ3) is 3.75. The standard InChI is InChI=1S/C11H13FN2O3/c1-2-17-10(15)6-14-11(16)7-3-4-9(13)8(12)5-7/h3-5H,2,6,13H2,1H3,(H,14,16). The molecule has 92 valence electrons. The number of nitrogens with two attached hydrogens (primary N) is 1. The monoisotopic (exact) mass is 240 g/mol. The Morgan fingerprint density at radius 3 is 2.76 bits per heavy atom. The summed E-state index contributed by atoms with van der Waals surface area (Å²) >= 11 is 0. The maximum absolute atomic E-state index is 13.1. The first-order valence-electron chi connectivity index (χ1n) is 5.03. The van der Waals surface area contributed by atoms with Gasteiger partial charge in [0.2, 0.25) is 0 Å². The number of nitrogens with one attached hydrogen (secondary N) is 1. The number of ether oxygens (including phenoxy) is 1. The second kappa shape index (κ2) is 5.83. The van der Waals surface area contributed by atoms with Crippen molar-refractivity contribution in [3.63, 3.8) is 0 Å². The quantitative estimate of drug-likeness (QED) is 0.599. The van der Waals surface area contributed by atoms with Gasteiger partial charge >= 0.3 is 5.97 Å². The third-order valence-corrected chi connectivity index (χ3v) is 1.96. The zero-order valence-corrected chi connectivity index (χ0v) is 9.33. The molecule has 0 bridgehead atoms. The lowest BCUT2D eigenvalue weighted by Crippen LogP contribution is -2.30. The van der Waals surface area contributed by atoms with Crippen molar-refractivity contribution in [2.75, 3.05) is 18.9 Å². The molecule has 5 nitrogen and oxygen atoms in total. The van der Waals surface area contributed by atoms with Crippen LogP contribution in [0.25, 0.3) is 0 Å². The molecule has 0 saturated carbocycles. The van der Waals surface area contributed by atoms with Gasteiger partial charge in [-0.25, -0.2) is 4.39 Å². The molecule has 0 radical (unpaired) electrons. The number of carbonyl (C=O) groups excluding carboxylic acids is 2. The van der Waals surface area contributed by atoms with E-state index < -0.39 is 17.7 Å². The molecule has 0 aliphatic rings. The fraction of sp³-hybridized carbons (Fsp3) is 0.273. The molecule has 0 aliphatic heterocycles. The van der Waals surface area contributed by atoms with Crippen LogP contribution >= 0.6 is 0 Å². The minimum absolute atomic E-state index is 0.0352. The number of nitrogen functional groups attached to an aromatic ring is 1. The fourth-order valence-electron chi connectivity index (χ4n) is 1.13. The van der Waals surface area contributed by atoms with Gasteiger partial charge in [-0.05, 0) is 25.1 Å². The Hall–Kier alpha value is -2.11. The molecule has 3 N–H and O–H groups in total. The summed E-state index contributed by atoms with van der Waals surface area (Å²) in [5, 5.41) is 2.31. The van der Waals surface area contributed by atoms with Crippen LogP contribution < -0.4 is 11.1 Å². The largest absolute Gasteiger partial charge is 0.465 e. The average molecular weight is 240 g/mol. The summed E-state index contributed by atoms with van der Waals surface area (Å²) in [6.07, 6.45) is 0. The first kappa shape index (κ1) is 13.0. The summed E-state index contributed by atoms with van der Waals surface area (Å²) in [7, 11) is 0. The van der Waals surface area contributed by atoms with Gasteiger partial charge in [0.1, 0.15) is 12.4 Å². The van der Waals surface area contributed by atoms with Gasteiger partial charge in [0, 0.05) is 5.56 Å². The summed E-state index contributed by atoms with van der Waals surface area (Å²) in [6, 6.07) is 3.67. The molecular formula is C11H13FN2O3. The Kier molecular flexibility index (Phi) is 4.45. The molecule has 1 amide bonds. The first-order chi connectivity index (χ1) is 8.04. The fourth-order valence-corrected chi connectivity index (χ4v) is 1.13. The van der Waals surface area contributed by atoms with E-state index in [1.807, 2.05) is 0 Å². The smallest absolute Gasteiger partial charge is 0.325 e. The van der Waals surface area contributed by atoms with Gasteiger partial charge in [0.15, 0.2) is 0 Å². The minimum Gasteiger partial charge on any atom is -0.465 e. The Morgan fingerprint density at radius 2 is 2.18 bits per heavy atom. The van der Waals surface area contributed by atoms with Crippen LogP contribution in [-0.4, -0.2) is 25.0 Å². The lowest BCUT2D eigenvalue weighted by atomic mass is 10.2. The van der Waals surface area contributed by atoms with Crippen molar-refractivity contribution in [2.45, 2.75) is 6.92 Å².